The second kappa shape index (κ2) is 3.98. The third-order valence-electron chi connectivity index (χ3n) is 2.21. The van der Waals surface area contributed by atoms with Crippen LogP contribution in [0.2, 0.25) is 5.15 Å². The van der Waals surface area contributed by atoms with Crippen molar-refractivity contribution in [3.05, 3.63) is 35.0 Å². The fourth-order valence-electron chi connectivity index (χ4n) is 1.46. The van der Waals surface area contributed by atoms with Crippen LogP contribution in [0, 0.1) is 0 Å². The molecule has 1 N–H and O–H groups in total. The molecule has 1 aromatic carbocycles. The van der Waals surface area contributed by atoms with Crippen LogP contribution in [-0.4, -0.2) is 23.2 Å². The van der Waals surface area contributed by atoms with Gasteiger partial charge in [-0.25, -0.2) is 9.78 Å². The van der Waals surface area contributed by atoms with Gasteiger partial charge in [0.25, 0.3) is 0 Å². The summed E-state index contributed by atoms with van der Waals surface area (Å²) in [6.07, 6.45) is 0. The van der Waals surface area contributed by atoms with E-state index in [1.165, 1.54) is 13.2 Å². The molecule has 0 saturated carbocycles. The average molecular weight is 238 g/mol. The van der Waals surface area contributed by atoms with Crippen molar-refractivity contribution in [2.75, 3.05) is 7.11 Å². The van der Waals surface area contributed by atoms with Gasteiger partial charge in [0.1, 0.15) is 16.5 Å². The number of ether oxygens (including phenoxy) is 1. The number of benzene rings is 1. The van der Waals surface area contributed by atoms with Crippen LogP contribution in [0.25, 0.3) is 10.9 Å². The van der Waals surface area contributed by atoms with Crippen LogP contribution in [-0.2, 0) is 0 Å². The minimum Gasteiger partial charge on any atom is -0.496 e. The number of methoxy groups -OCH3 is 1. The number of fused-ring (bicyclic) bond motifs is 1. The van der Waals surface area contributed by atoms with Gasteiger partial charge >= 0.3 is 5.97 Å². The van der Waals surface area contributed by atoms with Gasteiger partial charge < -0.3 is 9.84 Å². The molecule has 5 heteroatoms. The molecule has 2 rings (SSSR count). The maximum atomic E-state index is 11.0. The van der Waals surface area contributed by atoms with Crippen molar-refractivity contribution in [3.63, 3.8) is 0 Å². The third-order valence-corrected chi connectivity index (χ3v) is 2.42. The molecule has 0 radical (unpaired) electrons. The molecule has 0 bridgehead atoms. The first-order valence-corrected chi connectivity index (χ1v) is 4.87. The van der Waals surface area contributed by atoms with Gasteiger partial charge in [0.15, 0.2) is 0 Å². The predicted molar refractivity (Wildman–Crippen MR) is 60.3 cm³/mol. The summed E-state index contributed by atoms with van der Waals surface area (Å²) in [7, 11) is 1.41. The van der Waals surface area contributed by atoms with E-state index in [4.69, 9.17) is 21.4 Å². The van der Waals surface area contributed by atoms with Crippen LogP contribution in [0.5, 0.6) is 5.75 Å². The number of carboxylic acids is 1. The molecule has 0 aliphatic heterocycles. The lowest BCUT2D eigenvalue weighted by molar-refractivity contribution is 0.0693. The van der Waals surface area contributed by atoms with E-state index < -0.39 is 5.97 Å². The molecule has 2 aromatic rings. The largest absolute Gasteiger partial charge is 0.496 e. The van der Waals surface area contributed by atoms with Gasteiger partial charge in [-0.05, 0) is 18.2 Å². The minimum absolute atomic E-state index is 0.110. The van der Waals surface area contributed by atoms with Crippen LogP contribution in [0.15, 0.2) is 24.3 Å². The van der Waals surface area contributed by atoms with Crippen molar-refractivity contribution >= 4 is 28.5 Å². The topological polar surface area (TPSA) is 59.4 Å². The molecular weight excluding hydrogens is 230 g/mol. The Morgan fingerprint density at radius 3 is 2.81 bits per heavy atom. The van der Waals surface area contributed by atoms with Crippen LogP contribution in [0.1, 0.15) is 10.4 Å². The van der Waals surface area contributed by atoms with Crippen LogP contribution in [0.4, 0.5) is 0 Å². The first-order chi connectivity index (χ1) is 7.61. The zero-order valence-electron chi connectivity index (χ0n) is 8.40. The zero-order chi connectivity index (χ0) is 11.7. The summed E-state index contributed by atoms with van der Waals surface area (Å²) < 4.78 is 4.99. The standard InChI is InChI=1S/C11H8ClNO3/c1-16-9-5-8-6(2-3-10(12)13-8)4-7(9)11(14)15/h2-5H,1H3,(H,14,15). The van der Waals surface area contributed by atoms with Crippen molar-refractivity contribution in [3.8, 4) is 5.75 Å². The number of hydrogen-bond donors (Lipinski definition) is 1. The van der Waals surface area contributed by atoms with Gasteiger partial charge in [-0.3, -0.25) is 0 Å². The normalized spacial score (nSPS) is 10.4. The zero-order valence-corrected chi connectivity index (χ0v) is 9.15. The number of aromatic carboxylic acids is 1. The van der Waals surface area contributed by atoms with E-state index >= 15 is 0 Å². The number of hydrogen-bond acceptors (Lipinski definition) is 3. The van der Waals surface area contributed by atoms with Crippen molar-refractivity contribution in [2.24, 2.45) is 0 Å². The SMILES string of the molecule is COc1cc2nc(Cl)ccc2cc1C(=O)O. The van der Waals surface area contributed by atoms with Gasteiger partial charge in [-0.15, -0.1) is 0 Å². The second-order valence-corrected chi connectivity index (χ2v) is 3.57. The summed E-state index contributed by atoms with van der Waals surface area (Å²) >= 11 is 5.75. The number of nitrogens with zero attached hydrogens (tertiary/aromatic N) is 1. The Morgan fingerprint density at radius 2 is 2.19 bits per heavy atom. The lowest BCUT2D eigenvalue weighted by Gasteiger charge is -2.06. The fraction of sp³-hybridized carbons (Fsp3) is 0.0909. The molecule has 0 amide bonds. The van der Waals surface area contributed by atoms with Gasteiger partial charge in [0.05, 0.1) is 12.6 Å². The van der Waals surface area contributed by atoms with E-state index in [0.29, 0.717) is 16.1 Å². The molecule has 0 fully saturated rings. The summed E-state index contributed by atoms with van der Waals surface area (Å²) in [5, 5.41) is 10.1. The summed E-state index contributed by atoms with van der Waals surface area (Å²) in [6.45, 7) is 0. The number of aromatic nitrogens is 1. The highest BCUT2D eigenvalue weighted by Gasteiger charge is 2.12. The summed E-state index contributed by atoms with van der Waals surface area (Å²) in [4.78, 5) is 15.0. The van der Waals surface area contributed by atoms with E-state index in [0.717, 1.165) is 0 Å². The molecule has 82 valence electrons. The Hall–Kier alpha value is -1.81. The van der Waals surface area contributed by atoms with E-state index in [-0.39, 0.29) is 11.3 Å². The number of rotatable bonds is 2. The highest BCUT2D eigenvalue weighted by atomic mass is 35.5. The Morgan fingerprint density at radius 1 is 1.44 bits per heavy atom. The van der Waals surface area contributed by atoms with E-state index in [2.05, 4.69) is 4.98 Å². The molecule has 0 atom stereocenters. The summed E-state index contributed by atoms with van der Waals surface area (Å²) in [5.74, 6) is -0.761. The molecule has 0 aliphatic rings. The van der Waals surface area contributed by atoms with Crippen molar-refractivity contribution < 1.29 is 14.6 Å². The first-order valence-electron chi connectivity index (χ1n) is 4.49. The predicted octanol–water partition coefficient (Wildman–Crippen LogP) is 2.59. The first kappa shape index (κ1) is 10.7. The van der Waals surface area contributed by atoms with Gasteiger partial charge in [0.2, 0.25) is 0 Å². The Kier molecular flexibility index (Phi) is 2.66. The molecule has 0 unspecified atom stereocenters. The quantitative estimate of drug-likeness (QED) is 0.816. The van der Waals surface area contributed by atoms with Gasteiger partial charge in [-0.1, -0.05) is 11.6 Å². The highest BCUT2D eigenvalue weighted by molar-refractivity contribution is 6.29. The number of pyridine rings is 1. The van der Waals surface area contributed by atoms with Crippen molar-refractivity contribution in [1.82, 2.24) is 4.98 Å². The number of carboxylic acid groups (broad SMARTS) is 1. The van der Waals surface area contributed by atoms with Crippen molar-refractivity contribution in [1.29, 1.82) is 0 Å². The fourth-order valence-corrected chi connectivity index (χ4v) is 1.62. The molecule has 0 spiro atoms. The summed E-state index contributed by atoms with van der Waals surface area (Å²) in [5.41, 5.74) is 0.716. The lowest BCUT2D eigenvalue weighted by Crippen LogP contribution is -2.00. The molecule has 0 saturated heterocycles. The minimum atomic E-state index is -1.03. The maximum absolute atomic E-state index is 11.0. The molecule has 0 aliphatic carbocycles. The highest BCUT2D eigenvalue weighted by Crippen LogP contribution is 2.25. The Labute approximate surface area is 96.4 Å². The van der Waals surface area contributed by atoms with Gasteiger partial charge in [-0.2, -0.15) is 0 Å². The maximum Gasteiger partial charge on any atom is 0.339 e. The summed E-state index contributed by atoms with van der Waals surface area (Å²) in [6, 6.07) is 6.41. The molecule has 1 aromatic heterocycles. The van der Waals surface area contributed by atoms with E-state index in [9.17, 15) is 4.79 Å². The van der Waals surface area contributed by atoms with Crippen LogP contribution >= 0.6 is 11.6 Å². The van der Waals surface area contributed by atoms with Gasteiger partial charge in [0, 0.05) is 11.5 Å². The van der Waals surface area contributed by atoms with E-state index in [1.54, 1.807) is 18.2 Å². The number of halogens is 1. The molecule has 16 heavy (non-hydrogen) atoms. The number of carbonyl (C=O) groups is 1. The van der Waals surface area contributed by atoms with Crippen molar-refractivity contribution in [2.45, 2.75) is 0 Å². The lowest BCUT2D eigenvalue weighted by atomic mass is 10.1. The molecule has 1 heterocycles. The smallest absolute Gasteiger partial charge is 0.339 e. The molecule has 4 nitrogen and oxygen atoms in total. The molecular formula is C11H8ClNO3. The Balaban J connectivity index is 2.75. The Bertz CT molecular complexity index is 568. The third kappa shape index (κ3) is 1.79. The van der Waals surface area contributed by atoms with E-state index in [1.807, 2.05) is 0 Å². The second-order valence-electron chi connectivity index (χ2n) is 3.18. The average Bonchev–Trinajstić information content (AvgIpc) is 2.26. The van der Waals surface area contributed by atoms with Crippen LogP contribution in [0.3, 0.4) is 0 Å². The monoisotopic (exact) mass is 237 g/mol. The van der Waals surface area contributed by atoms with Crippen LogP contribution < -0.4 is 4.74 Å².